The third-order valence-corrected chi connectivity index (χ3v) is 3.74. The summed E-state index contributed by atoms with van der Waals surface area (Å²) < 4.78 is 6.20. The molecule has 6 nitrogen and oxygen atoms in total. The number of anilines is 1. The SMILES string of the molecule is COc1c(C#N)ccc(=O)n1CC(=O)Nc1c(C)cc(C)cc1Cl. The number of nitriles is 1. The molecule has 0 aliphatic heterocycles. The second-order valence-corrected chi connectivity index (χ2v) is 5.69. The lowest BCUT2D eigenvalue weighted by Crippen LogP contribution is -2.28. The Balaban J connectivity index is 2.32. The van der Waals surface area contributed by atoms with Crippen LogP contribution < -0.4 is 15.6 Å². The molecule has 1 heterocycles. The summed E-state index contributed by atoms with van der Waals surface area (Å²) in [7, 11) is 1.34. The summed E-state index contributed by atoms with van der Waals surface area (Å²) in [6.07, 6.45) is 0. The maximum atomic E-state index is 12.3. The monoisotopic (exact) mass is 345 g/mol. The zero-order chi connectivity index (χ0) is 17.9. The van der Waals surface area contributed by atoms with Gasteiger partial charge < -0.3 is 10.1 Å². The molecule has 24 heavy (non-hydrogen) atoms. The third-order valence-electron chi connectivity index (χ3n) is 3.45. The quantitative estimate of drug-likeness (QED) is 0.923. The van der Waals surface area contributed by atoms with Crippen LogP contribution in [0.3, 0.4) is 0 Å². The van der Waals surface area contributed by atoms with Crippen molar-refractivity contribution in [3.8, 4) is 11.9 Å². The smallest absolute Gasteiger partial charge is 0.253 e. The minimum Gasteiger partial charge on any atom is -0.481 e. The Morgan fingerprint density at radius 3 is 2.67 bits per heavy atom. The average Bonchev–Trinajstić information content (AvgIpc) is 2.52. The molecule has 0 unspecified atom stereocenters. The molecule has 0 fully saturated rings. The first-order valence-corrected chi connectivity index (χ1v) is 7.49. The number of carbonyl (C=O) groups excluding carboxylic acids is 1. The molecule has 0 saturated carbocycles. The van der Waals surface area contributed by atoms with Gasteiger partial charge in [-0.3, -0.25) is 14.2 Å². The first-order valence-electron chi connectivity index (χ1n) is 7.12. The van der Waals surface area contributed by atoms with Crippen molar-refractivity contribution in [1.82, 2.24) is 4.57 Å². The number of nitrogens with one attached hydrogen (secondary N) is 1. The Hall–Kier alpha value is -2.78. The van der Waals surface area contributed by atoms with E-state index < -0.39 is 11.5 Å². The lowest BCUT2D eigenvalue weighted by atomic mass is 10.1. The van der Waals surface area contributed by atoms with Gasteiger partial charge in [-0.2, -0.15) is 5.26 Å². The van der Waals surface area contributed by atoms with E-state index in [4.69, 9.17) is 21.6 Å². The molecule has 0 radical (unpaired) electrons. The van der Waals surface area contributed by atoms with Crippen LogP contribution in [0.25, 0.3) is 0 Å². The van der Waals surface area contributed by atoms with Crippen molar-refractivity contribution in [3.63, 3.8) is 0 Å². The standard InChI is InChI=1S/C17H16ClN3O3/c1-10-6-11(2)16(13(18)7-10)20-14(22)9-21-15(23)5-4-12(8-19)17(21)24-3/h4-7H,9H2,1-3H3,(H,20,22). The van der Waals surface area contributed by atoms with Crippen LogP contribution in [-0.4, -0.2) is 17.6 Å². The molecule has 1 amide bonds. The van der Waals surface area contributed by atoms with Crippen LogP contribution in [-0.2, 0) is 11.3 Å². The van der Waals surface area contributed by atoms with E-state index in [-0.39, 0.29) is 18.0 Å². The topological polar surface area (TPSA) is 84.1 Å². The number of benzene rings is 1. The maximum Gasteiger partial charge on any atom is 0.253 e. The number of hydrogen-bond acceptors (Lipinski definition) is 4. The number of aromatic nitrogens is 1. The fraction of sp³-hybridized carbons (Fsp3) is 0.235. The molecule has 2 rings (SSSR count). The Labute approximate surface area is 144 Å². The van der Waals surface area contributed by atoms with Gasteiger partial charge in [0.1, 0.15) is 18.2 Å². The average molecular weight is 346 g/mol. The van der Waals surface area contributed by atoms with E-state index in [9.17, 15) is 9.59 Å². The summed E-state index contributed by atoms with van der Waals surface area (Å²) in [5.41, 5.74) is 2.03. The van der Waals surface area contributed by atoms with Crippen molar-refractivity contribution in [2.45, 2.75) is 20.4 Å². The third kappa shape index (κ3) is 3.58. The number of rotatable bonds is 4. The molecule has 0 spiro atoms. The lowest BCUT2D eigenvalue weighted by molar-refractivity contribution is -0.116. The van der Waals surface area contributed by atoms with Crippen LogP contribution in [0.2, 0.25) is 5.02 Å². The van der Waals surface area contributed by atoms with E-state index in [0.717, 1.165) is 15.7 Å². The predicted octanol–water partition coefficient (Wildman–Crippen LogP) is 2.64. The zero-order valence-electron chi connectivity index (χ0n) is 13.5. The number of nitrogens with zero attached hydrogens (tertiary/aromatic N) is 2. The number of amides is 1. The Morgan fingerprint density at radius 2 is 2.08 bits per heavy atom. The van der Waals surface area contributed by atoms with Crippen molar-refractivity contribution in [1.29, 1.82) is 5.26 Å². The van der Waals surface area contributed by atoms with Crippen LogP contribution in [0.5, 0.6) is 5.88 Å². The molecule has 124 valence electrons. The highest BCUT2D eigenvalue weighted by atomic mass is 35.5. The Kier molecular flexibility index (Phi) is 5.27. The molecule has 2 aromatic rings. The van der Waals surface area contributed by atoms with Gasteiger partial charge in [-0.15, -0.1) is 0 Å². The van der Waals surface area contributed by atoms with Crippen molar-refractivity contribution >= 4 is 23.2 Å². The molecule has 1 N–H and O–H groups in total. The summed E-state index contributed by atoms with van der Waals surface area (Å²) in [6, 6.07) is 8.14. The van der Waals surface area contributed by atoms with Crippen LogP contribution in [0.4, 0.5) is 5.69 Å². The van der Waals surface area contributed by atoms with Gasteiger partial charge in [0, 0.05) is 6.07 Å². The van der Waals surface area contributed by atoms with Crippen LogP contribution in [0.15, 0.2) is 29.1 Å². The molecule has 0 aliphatic rings. The van der Waals surface area contributed by atoms with Crippen LogP contribution in [0, 0.1) is 25.2 Å². The summed E-state index contributed by atoms with van der Waals surface area (Å²) in [5.74, 6) is -0.397. The summed E-state index contributed by atoms with van der Waals surface area (Å²) in [5, 5.41) is 12.2. The summed E-state index contributed by atoms with van der Waals surface area (Å²) in [6.45, 7) is 3.45. The van der Waals surface area contributed by atoms with Gasteiger partial charge in [0.05, 0.1) is 17.8 Å². The first kappa shape index (κ1) is 17.6. The van der Waals surface area contributed by atoms with Gasteiger partial charge in [-0.05, 0) is 37.1 Å². The summed E-state index contributed by atoms with van der Waals surface area (Å²) in [4.78, 5) is 24.3. The van der Waals surface area contributed by atoms with E-state index in [1.807, 2.05) is 26.0 Å². The van der Waals surface area contributed by atoms with E-state index in [2.05, 4.69) is 5.32 Å². The highest BCUT2D eigenvalue weighted by Gasteiger charge is 2.15. The molecule has 1 aromatic heterocycles. The number of aryl methyl sites for hydroxylation is 2. The highest BCUT2D eigenvalue weighted by molar-refractivity contribution is 6.34. The zero-order valence-corrected chi connectivity index (χ0v) is 14.3. The number of pyridine rings is 1. The minimum atomic E-state index is -0.445. The van der Waals surface area contributed by atoms with Gasteiger partial charge in [0.2, 0.25) is 11.8 Å². The van der Waals surface area contributed by atoms with E-state index >= 15 is 0 Å². The summed E-state index contributed by atoms with van der Waals surface area (Å²) >= 11 is 6.17. The molecule has 0 saturated heterocycles. The van der Waals surface area contributed by atoms with Crippen LogP contribution in [0.1, 0.15) is 16.7 Å². The highest BCUT2D eigenvalue weighted by Crippen LogP contribution is 2.27. The van der Waals surface area contributed by atoms with E-state index in [1.165, 1.54) is 19.2 Å². The fourth-order valence-corrected chi connectivity index (χ4v) is 2.78. The maximum absolute atomic E-state index is 12.3. The number of hydrogen-bond donors (Lipinski definition) is 1. The first-order chi connectivity index (χ1) is 11.4. The molecule has 1 aromatic carbocycles. The number of halogens is 1. The normalized spacial score (nSPS) is 10.1. The van der Waals surface area contributed by atoms with Crippen molar-refractivity contribution in [2.24, 2.45) is 0 Å². The number of methoxy groups -OCH3 is 1. The largest absolute Gasteiger partial charge is 0.481 e. The lowest BCUT2D eigenvalue weighted by Gasteiger charge is -2.14. The fourth-order valence-electron chi connectivity index (χ4n) is 2.41. The van der Waals surface area contributed by atoms with Gasteiger partial charge in [0.25, 0.3) is 5.56 Å². The molecular formula is C17H16ClN3O3. The molecule has 0 bridgehead atoms. The minimum absolute atomic E-state index is 0.0480. The van der Waals surface area contributed by atoms with E-state index in [1.54, 1.807) is 6.07 Å². The Morgan fingerprint density at radius 1 is 1.38 bits per heavy atom. The van der Waals surface area contributed by atoms with Gasteiger partial charge in [-0.25, -0.2) is 0 Å². The van der Waals surface area contributed by atoms with Gasteiger partial charge in [0.15, 0.2) is 0 Å². The van der Waals surface area contributed by atoms with E-state index in [0.29, 0.717) is 10.7 Å². The molecular weight excluding hydrogens is 330 g/mol. The molecule has 0 atom stereocenters. The Bertz CT molecular complexity index is 874. The van der Waals surface area contributed by atoms with Crippen molar-refractivity contribution in [2.75, 3.05) is 12.4 Å². The number of ether oxygens (including phenoxy) is 1. The molecule has 7 heteroatoms. The predicted molar refractivity (Wildman–Crippen MR) is 91.5 cm³/mol. The second kappa shape index (κ2) is 7.20. The van der Waals surface area contributed by atoms with Gasteiger partial charge >= 0.3 is 0 Å². The second-order valence-electron chi connectivity index (χ2n) is 5.28. The van der Waals surface area contributed by atoms with Crippen molar-refractivity contribution < 1.29 is 9.53 Å². The van der Waals surface area contributed by atoms with Crippen molar-refractivity contribution in [3.05, 3.63) is 56.3 Å². The number of carbonyl (C=O) groups is 1. The molecule has 0 aliphatic carbocycles. The van der Waals surface area contributed by atoms with Gasteiger partial charge in [-0.1, -0.05) is 17.7 Å². The van der Waals surface area contributed by atoms with Crippen LogP contribution >= 0.6 is 11.6 Å².